The van der Waals surface area contributed by atoms with Crippen LogP contribution in [-0.4, -0.2) is 41.2 Å². The Morgan fingerprint density at radius 1 is 1.25 bits per heavy atom. The van der Waals surface area contributed by atoms with Gasteiger partial charge in [-0.2, -0.15) is 0 Å². The molecule has 7 heteroatoms. The fourth-order valence-electron chi connectivity index (χ4n) is 2.57. The SMILES string of the molecule is C[C@@]1(c2cccs2)NC(=O)N(C[C@@H](O)COc2ccccc2)C1=O. The first-order chi connectivity index (χ1) is 11.5. The van der Waals surface area contributed by atoms with Gasteiger partial charge in [0.05, 0.1) is 6.54 Å². The molecule has 2 aromatic rings. The summed E-state index contributed by atoms with van der Waals surface area (Å²) in [5.41, 5.74) is -1.08. The zero-order valence-electron chi connectivity index (χ0n) is 13.1. The summed E-state index contributed by atoms with van der Waals surface area (Å²) in [5, 5.41) is 14.7. The van der Waals surface area contributed by atoms with E-state index in [0.717, 1.165) is 9.78 Å². The second-order valence-corrected chi connectivity index (χ2v) is 6.67. The molecule has 3 rings (SSSR count). The van der Waals surface area contributed by atoms with Crippen molar-refractivity contribution in [2.75, 3.05) is 13.2 Å². The number of urea groups is 1. The maximum absolute atomic E-state index is 12.6. The van der Waals surface area contributed by atoms with Crippen molar-refractivity contribution in [1.82, 2.24) is 10.2 Å². The molecule has 2 N–H and O–H groups in total. The van der Waals surface area contributed by atoms with Gasteiger partial charge in [-0.1, -0.05) is 24.3 Å². The number of ether oxygens (including phenoxy) is 1. The predicted molar refractivity (Wildman–Crippen MR) is 89.9 cm³/mol. The number of hydrogen-bond acceptors (Lipinski definition) is 5. The molecule has 0 unspecified atom stereocenters. The standard InChI is InChI=1S/C17H18N2O4S/c1-17(14-8-5-9-24-14)15(21)19(16(22)18-17)10-12(20)11-23-13-6-3-2-4-7-13/h2-9,12,20H,10-11H2,1H3,(H,18,22)/t12-,17+/m1/s1. The highest BCUT2D eigenvalue weighted by Crippen LogP contribution is 2.31. The number of rotatable bonds is 6. The average molecular weight is 346 g/mol. The Balaban J connectivity index is 1.62. The average Bonchev–Trinajstić information content (AvgIpc) is 3.19. The van der Waals surface area contributed by atoms with Gasteiger partial charge >= 0.3 is 6.03 Å². The minimum Gasteiger partial charge on any atom is -0.491 e. The minimum absolute atomic E-state index is 0.00318. The summed E-state index contributed by atoms with van der Waals surface area (Å²) in [6, 6.07) is 12.2. The molecule has 2 heterocycles. The number of carbonyl (C=O) groups excluding carboxylic acids is 2. The summed E-state index contributed by atoms with van der Waals surface area (Å²) >= 11 is 1.40. The summed E-state index contributed by atoms with van der Waals surface area (Å²) in [6.07, 6.45) is -0.967. The molecule has 1 aliphatic heterocycles. The van der Waals surface area contributed by atoms with Crippen LogP contribution in [0.15, 0.2) is 47.8 Å². The van der Waals surface area contributed by atoms with Crippen molar-refractivity contribution in [3.63, 3.8) is 0 Å². The first-order valence-corrected chi connectivity index (χ1v) is 8.42. The maximum Gasteiger partial charge on any atom is 0.325 e. The van der Waals surface area contributed by atoms with Crippen LogP contribution in [-0.2, 0) is 10.3 Å². The van der Waals surface area contributed by atoms with Gasteiger partial charge < -0.3 is 15.2 Å². The Hall–Kier alpha value is -2.38. The van der Waals surface area contributed by atoms with Crippen LogP contribution in [0, 0.1) is 0 Å². The maximum atomic E-state index is 12.6. The number of amides is 3. The van der Waals surface area contributed by atoms with Crippen molar-refractivity contribution in [2.45, 2.75) is 18.6 Å². The number of aliphatic hydroxyl groups is 1. The lowest BCUT2D eigenvalue weighted by Crippen LogP contribution is -2.42. The molecule has 1 aromatic carbocycles. The number of para-hydroxylation sites is 1. The summed E-state index contributed by atoms with van der Waals surface area (Å²) < 4.78 is 5.46. The monoisotopic (exact) mass is 346 g/mol. The number of nitrogens with zero attached hydrogens (tertiary/aromatic N) is 1. The van der Waals surface area contributed by atoms with Gasteiger partial charge in [0.1, 0.15) is 18.5 Å². The number of aliphatic hydroxyl groups excluding tert-OH is 1. The second-order valence-electron chi connectivity index (χ2n) is 5.73. The third-order valence-electron chi connectivity index (χ3n) is 3.87. The lowest BCUT2D eigenvalue weighted by atomic mass is 10.0. The Morgan fingerprint density at radius 2 is 2.00 bits per heavy atom. The zero-order valence-corrected chi connectivity index (χ0v) is 14.0. The third kappa shape index (κ3) is 3.13. The lowest BCUT2D eigenvalue weighted by Gasteiger charge is -2.21. The molecule has 1 aromatic heterocycles. The number of hydrogen-bond donors (Lipinski definition) is 2. The van der Waals surface area contributed by atoms with Crippen molar-refractivity contribution < 1.29 is 19.4 Å². The van der Waals surface area contributed by atoms with Crippen molar-refractivity contribution in [3.05, 3.63) is 52.7 Å². The van der Waals surface area contributed by atoms with E-state index in [1.807, 2.05) is 29.6 Å². The van der Waals surface area contributed by atoms with E-state index in [2.05, 4.69) is 5.32 Å². The fourth-order valence-corrected chi connectivity index (χ4v) is 3.40. The van der Waals surface area contributed by atoms with Crippen LogP contribution in [0.5, 0.6) is 5.75 Å². The van der Waals surface area contributed by atoms with E-state index in [9.17, 15) is 14.7 Å². The molecular weight excluding hydrogens is 328 g/mol. The molecule has 3 amide bonds. The Morgan fingerprint density at radius 3 is 2.67 bits per heavy atom. The molecule has 24 heavy (non-hydrogen) atoms. The van der Waals surface area contributed by atoms with Gasteiger partial charge in [-0.15, -0.1) is 11.3 Å². The summed E-state index contributed by atoms with van der Waals surface area (Å²) in [7, 11) is 0. The van der Waals surface area contributed by atoms with Gasteiger partial charge in [-0.05, 0) is 30.5 Å². The van der Waals surface area contributed by atoms with E-state index in [4.69, 9.17) is 4.74 Å². The number of β-amino-alcohol motifs (C(OH)–C–C–N with tert-alkyl or cyclic N) is 1. The van der Waals surface area contributed by atoms with Crippen LogP contribution in [0.25, 0.3) is 0 Å². The van der Waals surface area contributed by atoms with Crippen molar-refractivity contribution in [1.29, 1.82) is 0 Å². The molecule has 0 aliphatic carbocycles. The van der Waals surface area contributed by atoms with Gasteiger partial charge in [0, 0.05) is 4.88 Å². The molecule has 0 spiro atoms. The molecule has 0 saturated carbocycles. The van der Waals surface area contributed by atoms with E-state index in [1.165, 1.54) is 11.3 Å². The highest BCUT2D eigenvalue weighted by Gasteiger charge is 2.49. The molecule has 0 radical (unpaired) electrons. The Kier molecular flexibility index (Phi) is 4.55. The highest BCUT2D eigenvalue weighted by atomic mass is 32.1. The van der Waals surface area contributed by atoms with Crippen molar-refractivity contribution >= 4 is 23.3 Å². The van der Waals surface area contributed by atoms with Gasteiger partial charge in [0.25, 0.3) is 5.91 Å². The topological polar surface area (TPSA) is 78.9 Å². The number of thiophene rings is 1. The zero-order chi connectivity index (χ0) is 17.2. The molecule has 126 valence electrons. The largest absolute Gasteiger partial charge is 0.491 e. The molecule has 6 nitrogen and oxygen atoms in total. The van der Waals surface area contributed by atoms with Crippen molar-refractivity contribution in [3.8, 4) is 5.75 Å². The summed E-state index contributed by atoms with van der Waals surface area (Å²) in [5.74, 6) is 0.255. The van der Waals surface area contributed by atoms with Gasteiger partial charge in [-0.25, -0.2) is 4.79 Å². The lowest BCUT2D eigenvalue weighted by molar-refractivity contribution is -0.132. The van der Waals surface area contributed by atoms with E-state index in [1.54, 1.807) is 25.1 Å². The minimum atomic E-state index is -1.08. The van der Waals surface area contributed by atoms with E-state index in [-0.39, 0.29) is 19.1 Å². The van der Waals surface area contributed by atoms with Crippen LogP contribution >= 0.6 is 11.3 Å². The van der Waals surface area contributed by atoms with Gasteiger partial charge in [0.15, 0.2) is 5.54 Å². The van der Waals surface area contributed by atoms with E-state index in [0.29, 0.717) is 5.75 Å². The number of carbonyl (C=O) groups is 2. The van der Waals surface area contributed by atoms with Crippen LogP contribution < -0.4 is 10.1 Å². The highest BCUT2D eigenvalue weighted by molar-refractivity contribution is 7.10. The Bertz CT molecular complexity index is 719. The molecule has 0 bridgehead atoms. The normalized spacial score (nSPS) is 21.7. The summed E-state index contributed by atoms with van der Waals surface area (Å²) in [4.78, 5) is 26.6. The smallest absolute Gasteiger partial charge is 0.325 e. The number of nitrogens with one attached hydrogen (secondary N) is 1. The second kappa shape index (κ2) is 6.62. The van der Waals surface area contributed by atoms with E-state index < -0.39 is 17.7 Å². The molecule has 2 atom stereocenters. The van der Waals surface area contributed by atoms with Crippen LogP contribution in [0.3, 0.4) is 0 Å². The first-order valence-electron chi connectivity index (χ1n) is 7.55. The van der Waals surface area contributed by atoms with Crippen LogP contribution in [0.1, 0.15) is 11.8 Å². The fraction of sp³-hybridized carbons (Fsp3) is 0.294. The molecular formula is C17H18N2O4S. The predicted octanol–water partition coefficient (Wildman–Crippen LogP) is 1.96. The van der Waals surface area contributed by atoms with Gasteiger partial charge in [-0.3, -0.25) is 9.69 Å². The molecule has 1 fully saturated rings. The molecule has 1 saturated heterocycles. The van der Waals surface area contributed by atoms with Crippen molar-refractivity contribution in [2.24, 2.45) is 0 Å². The van der Waals surface area contributed by atoms with Crippen LogP contribution in [0.4, 0.5) is 4.79 Å². The third-order valence-corrected chi connectivity index (χ3v) is 4.96. The molecule has 1 aliphatic rings. The van der Waals surface area contributed by atoms with E-state index >= 15 is 0 Å². The van der Waals surface area contributed by atoms with Crippen LogP contribution in [0.2, 0.25) is 0 Å². The Labute approximate surface area is 143 Å². The first kappa shape index (κ1) is 16.5. The van der Waals surface area contributed by atoms with Gasteiger partial charge in [0.2, 0.25) is 0 Å². The number of imide groups is 1. The quantitative estimate of drug-likeness (QED) is 0.784. The number of benzene rings is 1. The summed E-state index contributed by atoms with van der Waals surface area (Å²) in [6.45, 7) is 1.56.